The van der Waals surface area contributed by atoms with Crippen molar-refractivity contribution in [3.63, 3.8) is 0 Å². The van der Waals surface area contributed by atoms with Crippen LogP contribution in [-0.2, 0) is 4.79 Å². The number of carbonyl (C=O) groups is 1. The Morgan fingerprint density at radius 3 is 2.30 bits per heavy atom. The summed E-state index contributed by atoms with van der Waals surface area (Å²) in [5.41, 5.74) is 0. The number of hydrogen-bond acceptors (Lipinski definition) is 1. The average Bonchev–Trinajstić information content (AvgIpc) is 1.96. The molecule has 0 aromatic rings. The van der Waals surface area contributed by atoms with E-state index in [9.17, 15) is 4.79 Å². The Hall–Kier alpha value is 0.100. The van der Waals surface area contributed by atoms with Gasteiger partial charge in [-0.3, -0.25) is 4.79 Å². The quantitative estimate of drug-likeness (QED) is 0.535. The molecule has 0 aromatic heterocycles. The Bertz CT molecular complexity index is 132. The molecule has 58 valence electrons. The molecule has 0 atom stereocenters. The van der Waals surface area contributed by atoms with Gasteiger partial charge in [0.05, 0.1) is 18.5 Å². The van der Waals surface area contributed by atoms with E-state index in [1.807, 2.05) is 0 Å². The maximum absolute atomic E-state index is 10.9. The molecular weight excluding hydrogens is 143 g/mol. The fourth-order valence-electron chi connectivity index (χ4n) is 1.34. The summed E-state index contributed by atoms with van der Waals surface area (Å²) in [6.07, 6.45) is 5.53. The van der Waals surface area contributed by atoms with Gasteiger partial charge in [0.25, 0.3) is 0 Å². The molecule has 0 unspecified atom stereocenters. The zero-order valence-corrected chi connectivity index (χ0v) is 7.79. The molecule has 0 aromatic carbocycles. The van der Waals surface area contributed by atoms with Crippen LogP contribution in [0.25, 0.3) is 0 Å². The molecule has 10 heavy (non-hydrogen) atoms. The van der Waals surface area contributed by atoms with Crippen LogP contribution in [0.2, 0.25) is 0 Å². The standard InChI is InChI=1S/C8H16OP/c1-3-10(2)6-4-8(9)5-7-10/h3-7H2,1-2H3/q+1. The van der Waals surface area contributed by atoms with E-state index in [-0.39, 0.29) is 0 Å². The summed E-state index contributed by atoms with van der Waals surface area (Å²) >= 11 is 0. The summed E-state index contributed by atoms with van der Waals surface area (Å²) in [5, 5.41) is 0. The number of hydrogen-bond donors (Lipinski definition) is 0. The molecule has 0 amide bonds. The van der Waals surface area contributed by atoms with Crippen LogP contribution < -0.4 is 0 Å². The number of rotatable bonds is 1. The Morgan fingerprint density at radius 1 is 1.40 bits per heavy atom. The van der Waals surface area contributed by atoms with Crippen molar-refractivity contribution in [2.45, 2.75) is 19.8 Å². The zero-order valence-electron chi connectivity index (χ0n) is 6.89. The molecule has 0 saturated carbocycles. The van der Waals surface area contributed by atoms with Crippen LogP contribution in [0.4, 0.5) is 0 Å². The van der Waals surface area contributed by atoms with Crippen molar-refractivity contribution < 1.29 is 4.79 Å². The monoisotopic (exact) mass is 159 g/mol. The highest BCUT2D eigenvalue weighted by Crippen LogP contribution is 2.57. The second-order valence-corrected chi connectivity index (χ2v) is 8.19. The maximum Gasteiger partial charge on any atom is 0.140 e. The molecule has 2 heteroatoms. The van der Waals surface area contributed by atoms with Gasteiger partial charge in [-0.15, -0.1) is 0 Å². The van der Waals surface area contributed by atoms with Crippen molar-refractivity contribution in [3.8, 4) is 0 Å². The minimum Gasteiger partial charge on any atom is -0.299 e. The molecule has 0 N–H and O–H groups in total. The SMILES string of the molecule is CC[P+]1(C)CCC(=O)CC1. The summed E-state index contributed by atoms with van der Waals surface area (Å²) < 4.78 is 0. The van der Waals surface area contributed by atoms with Gasteiger partial charge in [0.15, 0.2) is 0 Å². The topological polar surface area (TPSA) is 17.1 Å². The van der Waals surface area contributed by atoms with Crippen LogP contribution in [0, 0.1) is 0 Å². The first-order valence-electron chi connectivity index (χ1n) is 4.01. The predicted molar refractivity (Wildman–Crippen MR) is 47.4 cm³/mol. The second kappa shape index (κ2) is 3.00. The molecule has 1 fully saturated rings. The average molecular weight is 159 g/mol. The Balaban J connectivity index is 2.46. The van der Waals surface area contributed by atoms with E-state index in [1.165, 1.54) is 18.5 Å². The van der Waals surface area contributed by atoms with E-state index in [0.717, 1.165) is 12.8 Å². The van der Waals surface area contributed by atoms with Gasteiger partial charge in [0.2, 0.25) is 0 Å². The summed E-state index contributed by atoms with van der Waals surface area (Å²) in [4.78, 5) is 10.9. The summed E-state index contributed by atoms with van der Waals surface area (Å²) in [5.74, 6) is 0.492. The smallest absolute Gasteiger partial charge is 0.140 e. The summed E-state index contributed by atoms with van der Waals surface area (Å²) in [7, 11) is -0.603. The van der Waals surface area contributed by atoms with Crippen LogP contribution in [0.15, 0.2) is 0 Å². The van der Waals surface area contributed by atoms with Gasteiger partial charge in [-0.05, 0) is 6.92 Å². The molecular formula is C8H16OP+. The first-order valence-corrected chi connectivity index (χ1v) is 6.81. The van der Waals surface area contributed by atoms with Gasteiger partial charge in [-0.25, -0.2) is 0 Å². The van der Waals surface area contributed by atoms with E-state index in [4.69, 9.17) is 0 Å². The van der Waals surface area contributed by atoms with Crippen LogP contribution >= 0.6 is 7.26 Å². The van der Waals surface area contributed by atoms with Crippen molar-refractivity contribution in [1.82, 2.24) is 0 Å². The van der Waals surface area contributed by atoms with Gasteiger partial charge in [0.1, 0.15) is 5.78 Å². The summed E-state index contributed by atoms with van der Waals surface area (Å²) in [6.45, 7) is 4.67. The van der Waals surface area contributed by atoms with Crippen molar-refractivity contribution in [2.75, 3.05) is 25.2 Å². The van der Waals surface area contributed by atoms with E-state index in [2.05, 4.69) is 13.6 Å². The highest BCUT2D eigenvalue weighted by Gasteiger charge is 2.34. The first kappa shape index (κ1) is 8.20. The largest absolute Gasteiger partial charge is 0.299 e. The van der Waals surface area contributed by atoms with Crippen LogP contribution in [0.5, 0.6) is 0 Å². The van der Waals surface area contributed by atoms with E-state index >= 15 is 0 Å². The lowest BCUT2D eigenvalue weighted by atomic mass is 10.2. The van der Waals surface area contributed by atoms with Crippen molar-refractivity contribution >= 4 is 13.0 Å². The lowest BCUT2D eigenvalue weighted by Gasteiger charge is -2.24. The molecule has 1 rings (SSSR count). The highest BCUT2D eigenvalue weighted by atomic mass is 31.2. The van der Waals surface area contributed by atoms with Gasteiger partial charge >= 0.3 is 0 Å². The third-order valence-corrected chi connectivity index (χ3v) is 6.76. The molecule has 0 aliphatic carbocycles. The normalized spacial score (nSPS) is 24.8. The molecule has 1 aliphatic rings. The molecule has 0 bridgehead atoms. The Kier molecular flexibility index (Phi) is 2.46. The van der Waals surface area contributed by atoms with Crippen LogP contribution in [-0.4, -0.2) is 30.9 Å². The fraction of sp³-hybridized carbons (Fsp3) is 0.875. The number of carbonyl (C=O) groups excluding carboxylic acids is 1. The van der Waals surface area contributed by atoms with E-state index in [0.29, 0.717) is 5.78 Å². The van der Waals surface area contributed by atoms with Crippen LogP contribution in [0.3, 0.4) is 0 Å². The first-order chi connectivity index (χ1) is 4.66. The maximum atomic E-state index is 10.9. The van der Waals surface area contributed by atoms with Crippen LogP contribution in [0.1, 0.15) is 19.8 Å². The molecule has 0 radical (unpaired) electrons. The van der Waals surface area contributed by atoms with Crippen molar-refractivity contribution in [2.24, 2.45) is 0 Å². The lowest BCUT2D eigenvalue weighted by molar-refractivity contribution is -0.118. The number of ketones is 1. The second-order valence-electron chi connectivity index (χ2n) is 3.42. The minimum atomic E-state index is -0.603. The third kappa shape index (κ3) is 1.79. The Morgan fingerprint density at radius 2 is 1.90 bits per heavy atom. The van der Waals surface area contributed by atoms with Gasteiger partial charge in [0, 0.05) is 26.8 Å². The molecule has 1 nitrogen and oxygen atoms in total. The Labute approximate surface area is 63.5 Å². The van der Waals surface area contributed by atoms with E-state index in [1.54, 1.807) is 0 Å². The van der Waals surface area contributed by atoms with Crippen molar-refractivity contribution in [3.05, 3.63) is 0 Å². The third-order valence-electron chi connectivity index (χ3n) is 2.62. The van der Waals surface area contributed by atoms with E-state index < -0.39 is 7.26 Å². The highest BCUT2D eigenvalue weighted by molar-refractivity contribution is 7.75. The zero-order chi connectivity index (χ0) is 7.61. The molecule has 1 saturated heterocycles. The molecule has 1 heterocycles. The minimum absolute atomic E-state index is 0.492. The van der Waals surface area contributed by atoms with Crippen molar-refractivity contribution in [1.29, 1.82) is 0 Å². The number of Topliss-reactive ketones (excluding diaryl/α,β-unsaturated/α-hetero) is 1. The fourth-order valence-corrected chi connectivity index (χ4v) is 3.78. The molecule has 0 spiro atoms. The van der Waals surface area contributed by atoms with Gasteiger partial charge in [-0.2, -0.15) is 0 Å². The summed E-state index contributed by atoms with van der Waals surface area (Å²) in [6, 6.07) is 0. The van der Waals surface area contributed by atoms with Gasteiger partial charge in [-0.1, -0.05) is 0 Å². The molecule has 1 aliphatic heterocycles. The van der Waals surface area contributed by atoms with Gasteiger partial charge < -0.3 is 0 Å². The predicted octanol–water partition coefficient (Wildman–Crippen LogP) is 2.02. The lowest BCUT2D eigenvalue weighted by Crippen LogP contribution is -2.17.